The van der Waals surface area contributed by atoms with Crippen LogP contribution in [-0.4, -0.2) is 26.3 Å². The highest BCUT2D eigenvalue weighted by molar-refractivity contribution is 5.82. The van der Waals surface area contributed by atoms with E-state index in [1.54, 1.807) is 56.7 Å². The minimum absolute atomic E-state index is 0.136. The molecule has 0 saturated heterocycles. The maximum atomic E-state index is 12.1. The van der Waals surface area contributed by atoms with E-state index in [1.165, 1.54) is 6.21 Å². The molecular weight excluding hydrogens is 370 g/mol. The minimum Gasteiger partial charge on any atom is -0.493 e. The SMILES string of the molecule is COc1ccc(CC(=O)N/N=C/c2ccc(-c3ccccc3C#N)o2)cc1OC. The zero-order valence-electron chi connectivity index (χ0n) is 16.0. The summed E-state index contributed by atoms with van der Waals surface area (Å²) in [6, 6.07) is 18.0. The number of nitrogens with one attached hydrogen (secondary N) is 1. The average molecular weight is 389 g/mol. The number of furan rings is 1. The van der Waals surface area contributed by atoms with Crippen molar-refractivity contribution in [3.63, 3.8) is 0 Å². The van der Waals surface area contributed by atoms with Crippen LogP contribution in [0.25, 0.3) is 11.3 Å². The molecule has 0 aliphatic carbocycles. The highest BCUT2D eigenvalue weighted by Crippen LogP contribution is 2.27. The summed E-state index contributed by atoms with van der Waals surface area (Å²) in [5, 5.41) is 13.1. The molecule has 0 spiro atoms. The van der Waals surface area contributed by atoms with Crippen molar-refractivity contribution < 1.29 is 18.7 Å². The molecule has 7 heteroatoms. The van der Waals surface area contributed by atoms with Crippen molar-refractivity contribution in [1.29, 1.82) is 5.26 Å². The van der Waals surface area contributed by atoms with Gasteiger partial charge in [-0.2, -0.15) is 10.4 Å². The van der Waals surface area contributed by atoms with Crippen LogP contribution in [0.1, 0.15) is 16.9 Å². The fourth-order valence-electron chi connectivity index (χ4n) is 2.75. The smallest absolute Gasteiger partial charge is 0.244 e. The van der Waals surface area contributed by atoms with Crippen molar-refractivity contribution in [2.24, 2.45) is 5.10 Å². The third kappa shape index (κ3) is 4.82. The Kier molecular flexibility index (Phi) is 6.28. The number of hydrazone groups is 1. The van der Waals surface area contributed by atoms with Gasteiger partial charge in [-0.25, -0.2) is 5.43 Å². The van der Waals surface area contributed by atoms with Crippen LogP contribution in [0.4, 0.5) is 0 Å². The summed E-state index contributed by atoms with van der Waals surface area (Å²) in [4.78, 5) is 12.1. The van der Waals surface area contributed by atoms with Crippen molar-refractivity contribution in [2.45, 2.75) is 6.42 Å². The Morgan fingerprint density at radius 1 is 1.14 bits per heavy atom. The number of ether oxygens (including phenoxy) is 2. The zero-order valence-corrected chi connectivity index (χ0v) is 16.0. The van der Waals surface area contributed by atoms with Gasteiger partial charge in [0.1, 0.15) is 11.5 Å². The van der Waals surface area contributed by atoms with E-state index in [9.17, 15) is 10.1 Å². The highest BCUT2D eigenvalue weighted by Gasteiger charge is 2.09. The lowest BCUT2D eigenvalue weighted by Gasteiger charge is -2.09. The molecule has 0 bridgehead atoms. The molecule has 0 unspecified atom stereocenters. The van der Waals surface area contributed by atoms with Gasteiger partial charge in [0.15, 0.2) is 11.5 Å². The van der Waals surface area contributed by atoms with Gasteiger partial charge in [-0.1, -0.05) is 18.2 Å². The van der Waals surface area contributed by atoms with Gasteiger partial charge in [0.25, 0.3) is 0 Å². The van der Waals surface area contributed by atoms with Crippen molar-refractivity contribution >= 4 is 12.1 Å². The maximum absolute atomic E-state index is 12.1. The second-order valence-electron chi connectivity index (χ2n) is 6.02. The lowest BCUT2D eigenvalue weighted by atomic mass is 10.1. The molecule has 1 aromatic heterocycles. The molecule has 3 rings (SSSR count). The Morgan fingerprint density at radius 3 is 2.69 bits per heavy atom. The van der Waals surface area contributed by atoms with Crippen LogP contribution < -0.4 is 14.9 Å². The molecule has 7 nitrogen and oxygen atoms in total. The minimum atomic E-state index is -0.282. The Morgan fingerprint density at radius 2 is 1.93 bits per heavy atom. The second kappa shape index (κ2) is 9.24. The van der Waals surface area contributed by atoms with Gasteiger partial charge in [0, 0.05) is 5.56 Å². The Labute approximate surface area is 168 Å². The van der Waals surface area contributed by atoms with Crippen molar-refractivity contribution in [1.82, 2.24) is 5.43 Å². The first-order chi connectivity index (χ1) is 14.1. The molecule has 3 aromatic rings. The molecular formula is C22H19N3O4. The molecule has 1 amide bonds. The summed E-state index contributed by atoms with van der Waals surface area (Å²) < 4.78 is 16.1. The van der Waals surface area contributed by atoms with E-state index in [-0.39, 0.29) is 12.3 Å². The van der Waals surface area contributed by atoms with E-state index in [1.807, 2.05) is 12.1 Å². The van der Waals surface area contributed by atoms with Gasteiger partial charge in [-0.15, -0.1) is 0 Å². The number of hydrogen-bond acceptors (Lipinski definition) is 6. The number of rotatable bonds is 7. The molecule has 1 N–H and O–H groups in total. The van der Waals surface area contributed by atoms with Gasteiger partial charge in [0.2, 0.25) is 5.91 Å². The standard InChI is InChI=1S/C22H19N3O4/c1-27-20-9-7-15(11-21(20)28-2)12-22(26)25-24-14-17-8-10-19(29-17)18-6-4-3-5-16(18)13-23/h3-11,14H,12H2,1-2H3,(H,25,26)/b24-14+. The van der Waals surface area contributed by atoms with Crippen LogP contribution in [0.15, 0.2) is 64.1 Å². The summed E-state index contributed by atoms with van der Waals surface area (Å²) in [5.41, 5.74) is 4.45. The molecule has 0 fully saturated rings. The van der Waals surface area contributed by atoms with Crippen LogP contribution >= 0.6 is 0 Å². The normalized spacial score (nSPS) is 10.5. The quantitative estimate of drug-likeness (QED) is 0.492. The third-order valence-electron chi connectivity index (χ3n) is 4.13. The first kappa shape index (κ1) is 19.7. The van der Waals surface area contributed by atoms with Crippen molar-refractivity contribution in [3.8, 4) is 28.9 Å². The summed E-state index contributed by atoms with van der Waals surface area (Å²) in [6.45, 7) is 0. The predicted octanol–water partition coefficient (Wildman–Crippen LogP) is 3.53. The highest BCUT2D eigenvalue weighted by atomic mass is 16.5. The van der Waals surface area contributed by atoms with Crippen LogP contribution in [0.5, 0.6) is 11.5 Å². The van der Waals surface area contributed by atoms with Crippen LogP contribution in [0.3, 0.4) is 0 Å². The van der Waals surface area contributed by atoms with Crippen molar-refractivity contribution in [2.75, 3.05) is 14.2 Å². The van der Waals surface area contributed by atoms with Crippen LogP contribution in [0.2, 0.25) is 0 Å². The van der Waals surface area contributed by atoms with Gasteiger partial charge in [-0.05, 0) is 42.0 Å². The first-order valence-corrected chi connectivity index (χ1v) is 8.76. The van der Waals surface area contributed by atoms with Crippen LogP contribution in [0, 0.1) is 11.3 Å². The molecule has 0 atom stereocenters. The van der Waals surface area contributed by atoms with E-state index in [4.69, 9.17) is 13.9 Å². The number of carbonyl (C=O) groups is 1. The Balaban J connectivity index is 1.61. The number of amides is 1. The first-order valence-electron chi connectivity index (χ1n) is 8.76. The number of nitriles is 1. The summed E-state index contributed by atoms with van der Waals surface area (Å²) in [5.74, 6) is 1.89. The fraction of sp³-hybridized carbons (Fsp3) is 0.136. The number of hydrogen-bond donors (Lipinski definition) is 1. The van der Waals surface area contributed by atoms with E-state index < -0.39 is 0 Å². The van der Waals surface area contributed by atoms with Crippen molar-refractivity contribution in [3.05, 3.63) is 71.5 Å². The van der Waals surface area contributed by atoms with Crippen LogP contribution in [-0.2, 0) is 11.2 Å². The fourth-order valence-corrected chi connectivity index (χ4v) is 2.75. The van der Waals surface area contributed by atoms with E-state index >= 15 is 0 Å². The Hall–Kier alpha value is -4.05. The second-order valence-corrected chi connectivity index (χ2v) is 6.02. The number of carbonyl (C=O) groups excluding carboxylic acids is 1. The van der Waals surface area contributed by atoms with E-state index in [2.05, 4.69) is 16.6 Å². The third-order valence-corrected chi connectivity index (χ3v) is 4.13. The van der Waals surface area contributed by atoms with Gasteiger partial charge in [0.05, 0.1) is 38.5 Å². The molecule has 1 heterocycles. The average Bonchev–Trinajstić information content (AvgIpc) is 3.22. The summed E-state index contributed by atoms with van der Waals surface area (Å²) in [7, 11) is 3.09. The topological polar surface area (TPSA) is 96.8 Å². The molecule has 29 heavy (non-hydrogen) atoms. The number of nitrogens with zero attached hydrogens (tertiary/aromatic N) is 2. The number of benzene rings is 2. The summed E-state index contributed by atoms with van der Waals surface area (Å²) in [6.07, 6.45) is 1.54. The molecule has 0 saturated carbocycles. The molecule has 0 aliphatic rings. The van der Waals surface area contributed by atoms with E-state index in [0.717, 1.165) is 5.56 Å². The molecule has 0 radical (unpaired) electrons. The van der Waals surface area contributed by atoms with Gasteiger partial charge in [-0.3, -0.25) is 4.79 Å². The van der Waals surface area contributed by atoms with E-state index in [0.29, 0.717) is 34.1 Å². The van der Waals surface area contributed by atoms with Gasteiger partial charge >= 0.3 is 0 Å². The number of methoxy groups -OCH3 is 2. The molecule has 146 valence electrons. The van der Waals surface area contributed by atoms with Gasteiger partial charge < -0.3 is 13.9 Å². The molecule has 0 aliphatic heterocycles. The largest absolute Gasteiger partial charge is 0.493 e. The zero-order chi connectivity index (χ0) is 20.6. The lowest BCUT2D eigenvalue weighted by Crippen LogP contribution is -2.19. The lowest BCUT2D eigenvalue weighted by molar-refractivity contribution is -0.120. The molecule has 2 aromatic carbocycles. The summed E-state index contributed by atoms with van der Waals surface area (Å²) >= 11 is 0. The maximum Gasteiger partial charge on any atom is 0.244 e. The Bertz CT molecular complexity index is 1080. The predicted molar refractivity (Wildman–Crippen MR) is 108 cm³/mol. The monoisotopic (exact) mass is 389 g/mol.